The molecule has 0 N–H and O–H groups in total. The first-order chi connectivity index (χ1) is 37.0. The fraction of sp³-hybridized carbons (Fsp3) is 0.413. The third kappa shape index (κ3) is 7.57. The van der Waals surface area contributed by atoms with Gasteiger partial charge in [0.1, 0.15) is 0 Å². The van der Waals surface area contributed by atoms with Gasteiger partial charge in [-0.15, -0.1) is 0 Å². The molecule has 404 valence electrons. The maximum absolute atomic E-state index is 2.94. The standard InChI is InChI=1S/C75H86BN3/c1-68(2,3)49-25-31-52(32-26-49)77(53-33-27-50(28-34-53)69(4,5)6)55-43-62-64-63(44-55)79-66-60(74(16)37-21-22-38-75(74,79)17)41-48(47-23-19-18-20-24-47)42-61(66)76(64)67-65(78(62)54-35-29-51(30-36-54)70(7,8)9)56-45-58-59(46-57(56)73(67,14)15)72(12,13)40-39-71(58,10)11/h18-20,23-36,41-46H,21-22,37-40H2,1-17H3. The monoisotopic (exact) mass is 1040 g/mol. The molecule has 1 saturated carbocycles. The first-order valence-corrected chi connectivity index (χ1v) is 30.1. The number of hydrogen-bond acceptors (Lipinski definition) is 3. The van der Waals surface area contributed by atoms with Gasteiger partial charge in [0, 0.05) is 56.2 Å². The van der Waals surface area contributed by atoms with Gasteiger partial charge in [0.05, 0.1) is 11.2 Å². The second-order valence-electron chi connectivity index (χ2n) is 30.5. The van der Waals surface area contributed by atoms with Crippen LogP contribution in [0.3, 0.4) is 0 Å². The molecule has 79 heavy (non-hydrogen) atoms. The van der Waals surface area contributed by atoms with Gasteiger partial charge in [0.15, 0.2) is 0 Å². The van der Waals surface area contributed by atoms with E-state index in [1.54, 1.807) is 0 Å². The summed E-state index contributed by atoms with van der Waals surface area (Å²) in [6.45, 7) is 41.5. The molecule has 3 aliphatic heterocycles. The molecule has 1 fully saturated rings. The summed E-state index contributed by atoms with van der Waals surface area (Å²) in [7, 11) is 0. The van der Waals surface area contributed by atoms with E-state index >= 15 is 0 Å². The van der Waals surface area contributed by atoms with Crippen LogP contribution in [0, 0.1) is 0 Å². The van der Waals surface area contributed by atoms with Crippen molar-refractivity contribution in [2.24, 2.45) is 0 Å². The molecule has 0 amide bonds. The highest BCUT2D eigenvalue weighted by Gasteiger charge is 2.63. The Labute approximate surface area is 475 Å². The summed E-state index contributed by atoms with van der Waals surface area (Å²) in [6.07, 6.45) is 7.11. The van der Waals surface area contributed by atoms with Crippen molar-refractivity contribution in [3.63, 3.8) is 0 Å². The van der Waals surface area contributed by atoms with Crippen molar-refractivity contribution < 1.29 is 0 Å². The maximum Gasteiger partial charge on any atom is 0.248 e. The minimum atomic E-state index is -0.300. The van der Waals surface area contributed by atoms with E-state index in [0.717, 1.165) is 12.8 Å². The molecular weight excluding hydrogens is 954 g/mol. The molecular formula is C75H86BN3. The van der Waals surface area contributed by atoms with Crippen molar-refractivity contribution in [2.75, 3.05) is 14.7 Å². The van der Waals surface area contributed by atoms with E-state index in [0.29, 0.717) is 0 Å². The Hall–Kier alpha value is -6.26. The average Bonchev–Trinajstić information content (AvgIpc) is 1.97. The van der Waals surface area contributed by atoms with Crippen molar-refractivity contribution in [1.29, 1.82) is 0 Å². The molecule has 7 aromatic rings. The highest BCUT2D eigenvalue weighted by Crippen LogP contribution is 2.65. The highest BCUT2D eigenvalue weighted by atomic mass is 15.3. The molecule has 3 nitrogen and oxygen atoms in total. The lowest BCUT2D eigenvalue weighted by Crippen LogP contribution is -2.62. The Morgan fingerprint density at radius 1 is 0.468 bits per heavy atom. The molecule has 0 spiro atoms. The van der Waals surface area contributed by atoms with E-state index in [-0.39, 0.29) is 50.2 Å². The van der Waals surface area contributed by atoms with Crippen molar-refractivity contribution in [3.8, 4) is 11.1 Å². The van der Waals surface area contributed by atoms with Crippen molar-refractivity contribution in [3.05, 3.63) is 190 Å². The molecule has 0 bridgehead atoms. The van der Waals surface area contributed by atoms with Gasteiger partial charge in [-0.1, -0.05) is 208 Å². The van der Waals surface area contributed by atoms with Crippen LogP contribution in [0.1, 0.15) is 201 Å². The minimum absolute atomic E-state index is 0.00574. The van der Waals surface area contributed by atoms with Crippen LogP contribution in [0.5, 0.6) is 0 Å². The topological polar surface area (TPSA) is 9.72 Å². The largest absolute Gasteiger partial charge is 0.335 e. The van der Waals surface area contributed by atoms with E-state index in [4.69, 9.17) is 0 Å². The number of allylic oxidation sites excluding steroid dienone is 1. The van der Waals surface area contributed by atoms with Crippen molar-refractivity contribution in [2.45, 2.75) is 200 Å². The number of fused-ring (bicyclic) bond motifs is 9. The van der Waals surface area contributed by atoms with Gasteiger partial charge in [-0.3, -0.25) is 0 Å². The van der Waals surface area contributed by atoms with E-state index in [1.807, 2.05) is 0 Å². The van der Waals surface area contributed by atoms with E-state index in [2.05, 4.69) is 272 Å². The number of benzene rings is 7. The lowest BCUT2D eigenvalue weighted by atomic mass is 9.30. The summed E-state index contributed by atoms with van der Waals surface area (Å²) in [5.74, 6) is 0. The van der Waals surface area contributed by atoms with E-state index in [1.165, 1.54) is 143 Å². The first-order valence-electron chi connectivity index (χ1n) is 30.1. The summed E-state index contributed by atoms with van der Waals surface area (Å²) < 4.78 is 0. The maximum atomic E-state index is 2.94. The van der Waals surface area contributed by atoms with Crippen LogP contribution in [0.25, 0.3) is 16.8 Å². The number of nitrogens with zero attached hydrogens (tertiary/aromatic N) is 3. The molecule has 13 rings (SSSR count). The fourth-order valence-electron chi connectivity index (χ4n) is 15.9. The van der Waals surface area contributed by atoms with Crippen molar-refractivity contribution in [1.82, 2.24) is 0 Å². The summed E-state index contributed by atoms with van der Waals surface area (Å²) in [5, 5.41) is 0. The molecule has 4 heteroatoms. The number of rotatable bonds is 5. The zero-order chi connectivity index (χ0) is 55.9. The Balaban J connectivity index is 1.19. The Morgan fingerprint density at radius 2 is 0.987 bits per heavy atom. The van der Waals surface area contributed by atoms with Crippen LogP contribution >= 0.6 is 0 Å². The van der Waals surface area contributed by atoms with E-state index < -0.39 is 0 Å². The van der Waals surface area contributed by atoms with Crippen molar-refractivity contribution >= 4 is 63.1 Å². The van der Waals surface area contributed by atoms with Gasteiger partial charge in [-0.2, -0.15) is 0 Å². The van der Waals surface area contributed by atoms with Crippen LogP contribution < -0.4 is 25.6 Å². The molecule has 0 saturated heterocycles. The predicted octanol–water partition coefficient (Wildman–Crippen LogP) is 19.1. The molecule has 3 heterocycles. The zero-order valence-electron chi connectivity index (χ0n) is 50.9. The molecule has 7 aromatic carbocycles. The lowest BCUT2D eigenvalue weighted by Gasteiger charge is -2.53. The number of anilines is 7. The van der Waals surface area contributed by atoms with Gasteiger partial charge in [-0.05, 0) is 181 Å². The Morgan fingerprint density at radius 3 is 1.54 bits per heavy atom. The summed E-state index contributed by atoms with van der Waals surface area (Å²) in [4.78, 5) is 8.30. The zero-order valence-corrected chi connectivity index (χ0v) is 50.9. The fourth-order valence-corrected chi connectivity index (χ4v) is 15.9. The second kappa shape index (κ2) is 16.9. The molecule has 2 atom stereocenters. The van der Waals surface area contributed by atoms with Gasteiger partial charge < -0.3 is 14.7 Å². The third-order valence-electron chi connectivity index (χ3n) is 21.1. The molecule has 2 unspecified atom stereocenters. The first kappa shape index (κ1) is 52.1. The molecule has 6 aliphatic rings. The summed E-state index contributed by atoms with van der Waals surface area (Å²) in [6, 6.07) is 56.0. The summed E-state index contributed by atoms with van der Waals surface area (Å²) in [5.41, 5.74) is 28.4. The number of hydrogen-bond donors (Lipinski definition) is 0. The summed E-state index contributed by atoms with van der Waals surface area (Å²) >= 11 is 0. The minimum Gasteiger partial charge on any atom is -0.335 e. The predicted molar refractivity (Wildman–Crippen MR) is 341 cm³/mol. The molecule has 0 aromatic heterocycles. The third-order valence-corrected chi connectivity index (χ3v) is 21.1. The van der Waals surface area contributed by atoms with Crippen LogP contribution in [-0.4, -0.2) is 12.3 Å². The smallest absolute Gasteiger partial charge is 0.248 e. The van der Waals surface area contributed by atoms with Crippen LogP contribution in [0.15, 0.2) is 145 Å². The Kier molecular flexibility index (Phi) is 11.2. The van der Waals surface area contributed by atoms with Gasteiger partial charge in [-0.25, -0.2) is 0 Å². The average molecular weight is 1040 g/mol. The lowest BCUT2D eigenvalue weighted by molar-refractivity contribution is 0.195. The van der Waals surface area contributed by atoms with Gasteiger partial charge >= 0.3 is 0 Å². The SMILES string of the molecule is CC(C)(C)c1ccc(N2C3=C(B4c5cc(-c6ccccc6)cc6c5N(c5cc(N(c7ccc(C(C)(C)C)cc7)c7ccc(C(C)(C)C)cc7)cc2c54)C2(C)CCCCC62C)C(C)(C)c2cc4c(cc23)C(C)(C)CCC4(C)C)cc1. The highest BCUT2D eigenvalue weighted by molar-refractivity contribution is 6.96. The Bertz CT molecular complexity index is 3610. The molecule has 3 aliphatic carbocycles. The van der Waals surface area contributed by atoms with Crippen LogP contribution in [-0.2, 0) is 37.9 Å². The second-order valence-corrected chi connectivity index (χ2v) is 30.5. The van der Waals surface area contributed by atoms with Gasteiger partial charge in [0.2, 0.25) is 6.71 Å². The molecule has 0 radical (unpaired) electrons. The normalized spacial score (nSPS) is 22.0. The quantitative estimate of drug-likeness (QED) is 0.159. The van der Waals surface area contributed by atoms with Crippen LogP contribution in [0.4, 0.5) is 39.8 Å². The van der Waals surface area contributed by atoms with E-state index in [9.17, 15) is 0 Å². The van der Waals surface area contributed by atoms with Gasteiger partial charge in [0.25, 0.3) is 0 Å². The van der Waals surface area contributed by atoms with Crippen LogP contribution in [0.2, 0.25) is 0 Å².